The van der Waals surface area contributed by atoms with E-state index in [4.69, 9.17) is 4.74 Å². The standard InChI is InChI=1S/C22H33N3O5S/c1-4-15(2)20(22(27)23-17-5-6-17)24-21(26)16-11-13-25(14-12-16)31(28,29)19-9-7-18(30-3)8-10-19/h7-10,15-17,20H,4-6,11-14H2,1-3H3,(H,23,27)(H,24,26)/t15-,20-/m1/s1. The van der Waals surface area contributed by atoms with E-state index >= 15 is 0 Å². The molecule has 1 aliphatic carbocycles. The highest BCUT2D eigenvalue weighted by Crippen LogP contribution is 2.26. The summed E-state index contributed by atoms with van der Waals surface area (Å²) in [5, 5.41) is 5.92. The highest BCUT2D eigenvalue weighted by molar-refractivity contribution is 7.89. The van der Waals surface area contributed by atoms with Crippen LogP contribution in [0.25, 0.3) is 0 Å². The largest absolute Gasteiger partial charge is 0.497 e. The van der Waals surface area contributed by atoms with E-state index in [1.807, 2.05) is 13.8 Å². The van der Waals surface area contributed by atoms with Gasteiger partial charge in [-0.3, -0.25) is 9.59 Å². The molecule has 1 aliphatic heterocycles. The summed E-state index contributed by atoms with van der Waals surface area (Å²) < 4.78 is 32.3. The number of nitrogens with zero attached hydrogens (tertiary/aromatic N) is 1. The van der Waals surface area contributed by atoms with Gasteiger partial charge >= 0.3 is 0 Å². The minimum absolute atomic E-state index is 0.0261. The number of carbonyl (C=O) groups is 2. The normalized spacial score (nSPS) is 20.0. The lowest BCUT2D eigenvalue weighted by molar-refractivity contribution is -0.133. The second-order valence-electron chi connectivity index (χ2n) is 8.51. The first-order valence-corrected chi connectivity index (χ1v) is 12.4. The van der Waals surface area contributed by atoms with Crippen LogP contribution in [-0.2, 0) is 19.6 Å². The molecule has 31 heavy (non-hydrogen) atoms. The molecule has 9 heteroatoms. The third kappa shape index (κ3) is 5.77. The predicted molar refractivity (Wildman–Crippen MR) is 117 cm³/mol. The van der Waals surface area contributed by atoms with Crippen LogP contribution in [0.3, 0.4) is 0 Å². The van der Waals surface area contributed by atoms with Crippen molar-refractivity contribution >= 4 is 21.8 Å². The van der Waals surface area contributed by atoms with Crippen molar-refractivity contribution in [3.8, 4) is 5.75 Å². The number of nitrogens with one attached hydrogen (secondary N) is 2. The lowest BCUT2D eigenvalue weighted by Gasteiger charge is -2.32. The van der Waals surface area contributed by atoms with Gasteiger partial charge in [-0.25, -0.2) is 8.42 Å². The summed E-state index contributed by atoms with van der Waals surface area (Å²) in [6, 6.07) is 5.98. The summed E-state index contributed by atoms with van der Waals surface area (Å²) in [7, 11) is -2.09. The van der Waals surface area contributed by atoms with Crippen molar-refractivity contribution in [2.45, 2.75) is 62.9 Å². The van der Waals surface area contributed by atoms with Gasteiger partial charge in [0.2, 0.25) is 21.8 Å². The maximum atomic E-state index is 12.9. The van der Waals surface area contributed by atoms with Gasteiger partial charge in [-0.1, -0.05) is 20.3 Å². The number of piperidine rings is 1. The third-order valence-corrected chi connectivity index (χ3v) is 8.15. The van der Waals surface area contributed by atoms with Crippen molar-refractivity contribution in [3.63, 3.8) is 0 Å². The van der Waals surface area contributed by atoms with Crippen molar-refractivity contribution in [1.29, 1.82) is 0 Å². The molecule has 2 fully saturated rings. The van der Waals surface area contributed by atoms with Gasteiger partial charge in [-0.05, 0) is 55.9 Å². The quantitative estimate of drug-likeness (QED) is 0.597. The number of benzene rings is 1. The fourth-order valence-electron chi connectivity index (χ4n) is 3.75. The van der Waals surface area contributed by atoms with Gasteiger partial charge in [0, 0.05) is 25.0 Å². The van der Waals surface area contributed by atoms with Gasteiger partial charge in [-0.15, -0.1) is 0 Å². The van der Waals surface area contributed by atoms with Gasteiger partial charge in [-0.2, -0.15) is 4.31 Å². The summed E-state index contributed by atoms with van der Waals surface area (Å²) in [4.78, 5) is 25.6. The zero-order chi connectivity index (χ0) is 22.6. The highest BCUT2D eigenvalue weighted by Gasteiger charge is 2.35. The molecule has 0 radical (unpaired) electrons. The number of hydrogen-bond acceptors (Lipinski definition) is 5. The van der Waals surface area contributed by atoms with E-state index in [2.05, 4.69) is 10.6 Å². The summed E-state index contributed by atoms with van der Waals surface area (Å²) in [6.45, 7) is 4.50. The number of carbonyl (C=O) groups excluding carboxylic acids is 2. The summed E-state index contributed by atoms with van der Waals surface area (Å²) in [5.74, 6) is 0.0270. The van der Waals surface area contributed by atoms with Crippen LogP contribution in [0.15, 0.2) is 29.2 Å². The van der Waals surface area contributed by atoms with E-state index in [1.54, 1.807) is 12.1 Å². The van der Waals surface area contributed by atoms with Crippen molar-refractivity contribution in [1.82, 2.24) is 14.9 Å². The zero-order valence-electron chi connectivity index (χ0n) is 18.5. The van der Waals surface area contributed by atoms with Gasteiger partial charge < -0.3 is 15.4 Å². The lowest BCUT2D eigenvalue weighted by atomic mass is 9.94. The van der Waals surface area contributed by atoms with E-state index in [9.17, 15) is 18.0 Å². The third-order valence-electron chi connectivity index (χ3n) is 6.24. The van der Waals surface area contributed by atoms with Gasteiger partial charge in [0.1, 0.15) is 11.8 Å². The van der Waals surface area contributed by atoms with E-state index in [0.717, 1.165) is 19.3 Å². The molecule has 0 unspecified atom stereocenters. The molecule has 3 rings (SSSR count). The number of ether oxygens (including phenoxy) is 1. The Bertz CT molecular complexity index is 875. The minimum Gasteiger partial charge on any atom is -0.497 e. The number of sulfonamides is 1. The Morgan fingerprint density at radius 2 is 1.74 bits per heavy atom. The van der Waals surface area contributed by atoms with Crippen molar-refractivity contribution < 1.29 is 22.7 Å². The summed E-state index contributed by atoms with van der Waals surface area (Å²) >= 11 is 0. The molecule has 1 aromatic rings. The number of methoxy groups -OCH3 is 1. The maximum absolute atomic E-state index is 12.9. The van der Waals surface area contributed by atoms with Gasteiger partial charge in [0.15, 0.2) is 0 Å². The van der Waals surface area contributed by atoms with Gasteiger partial charge in [0.25, 0.3) is 0 Å². The highest BCUT2D eigenvalue weighted by atomic mass is 32.2. The van der Waals surface area contributed by atoms with Gasteiger partial charge in [0.05, 0.1) is 12.0 Å². The molecule has 1 heterocycles. The Kier molecular flexibility index (Phi) is 7.59. The minimum atomic E-state index is -3.61. The zero-order valence-corrected chi connectivity index (χ0v) is 19.3. The monoisotopic (exact) mass is 451 g/mol. The van der Waals surface area contributed by atoms with Crippen LogP contribution in [0, 0.1) is 11.8 Å². The van der Waals surface area contributed by atoms with E-state index in [0.29, 0.717) is 18.6 Å². The summed E-state index contributed by atoms with van der Waals surface area (Å²) in [5.41, 5.74) is 0. The average Bonchev–Trinajstić information content (AvgIpc) is 3.60. The van der Waals surface area contributed by atoms with Crippen molar-refractivity contribution in [2.24, 2.45) is 11.8 Å². The average molecular weight is 452 g/mol. The molecule has 2 aliphatic rings. The first kappa shape index (κ1) is 23.5. The van der Waals surface area contributed by atoms with Crippen molar-refractivity contribution in [2.75, 3.05) is 20.2 Å². The van der Waals surface area contributed by atoms with Crippen LogP contribution >= 0.6 is 0 Å². The Morgan fingerprint density at radius 3 is 2.26 bits per heavy atom. The number of hydrogen-bond donors (Lipinski definition) is 2. The number of rotatable bonds is 9. The smallest absolute Gasteiger partial charge is 0.243 e. The topological polar surface area (TPSA) is 105 Å². The Hall–Kier alpha value is -2.13. The second kappa shape index (κ2) is 9.99. The Labute approximate surface area is 184 Å². The maximum Gasteiger partial charge on any atom is 0.243 e. The Morgan fingerprint density at radius 1 is 1.13 bits per heavy atom. The molecule has 1 aromatic carbocycles. The molecule has 0 bridgehead atoms. The molecule has 2 atom stereocenters. The van der Waals surface area contributed by atoms with Crippen molar-refractivity contribution in [3.05, 3.63) is 24.3 Å². The molecule has 172 valence electrons. The molecular formula is C22H33N3O5S. The fourth-order valence-corrected chi connectivity index (χ4v) is 5.22. The Balaban J connectivity index is 1.58. The van der Waals surface area contributed by atoms with E-state index in [-0.39, 0.29) is 47.7 Å². The first-order chi connectivity index (χ1) is 14.8. The van der Waals surface area contributed by atoms with Crippen LogP contribution in [0.4, 0.5) is 0 Å². The van der Waals surface area contributed by atoms with E-state index < -0.39 is 16.1 Å². The second-order valence-corrected chi connectivity index (χ2v) is 10.4. The molecule has 8 nitrogen and oxygen atoms in total. The molecule has 0 spiro atoms. The number of amides is 2. The molecule has 2 N–H and O–H groups in total. The SMILES string of the molecule is CC[C@@H](C)[C@@H](NC(=O)C1CCN(S(=O)(=O)c2ccc(OC)cc2)CC1)C(=O)NC1CC1. The van der Waals surface area contributed by atoms with Crippen LogP contribution in [0.5, 0.6) is 5.75 Å². The summed E-state index contributed by atoms with van der Waals surface area (Å²) in [6.07, 6.45) is 3.63. The van der Waals surface area contributed by atoms with E-state index in [1.165, 1.54) is 23.5 Å². The lowest BCUT2D eigenvalue weighted by Crippen LogP contribution is -2.53. The molecular weight excluding hydrogens is 418 g/mol. The molecule has 1 saturated carbocycles. The first-order valence-electron chi connectivity index (χ1n) is 11.0. The van der Waals surface area contributed by atoms with Crippen LogP contribution < -0.4 is 15.4 Å². The molecule has 2 amide bonds. The van der Waals surface area contributed by atoms with Crippen LogP contribution in [-0.4, -0.2) is 56.8 Å². The van der Waals surface area contributed by atoms with Crippen LogP contribution in [0.1, 0.15) is 46.0 Å². The fraction of sp³-hybridized carbons (Fsp3) is 0.636. The molecule has 1 saturated heterocycles. The van der Waals surface area contributed by atoms with Crippen LogP contribution in [0.2, 0.25) is 0 Å². The predicted octanol–water partition coefficient (Wildman–Crippen LogP) is 1.91. The molecule has 0 aromatic heterocycles.